The van der Waals surface area contributed by atoms with Gasteiger partial charge in [-0.25, -0.2) is 14.4 Å². The predicted octanol–water partition coefficient (Wildman–Crippen LogP) is 3.69. The summed E-state index contributed by atoms with van der Waals surface area (Å²) in [5.74, 6) is -0.536. The predicted molar refractivity (Wildman–Crippen MR) is 96.7 cm³/mol. The molecule has 0 aliphatic heterocycles. The number of anilines is 2. The second-order valence-electron chi connectivity index (χ2n) is 5.16. The zero-order valence-electron chi connectivity index (χ0n) is 12.8. The van der Waals surface area contributed by atoms with E-state index >= 15 is 0 Å². The van der Waals surface area contributed by atoms with Gasteiger partial charge in [0.05, 0.1) is 22.6 Å². The summed E-state index contributed by atoms with van der Waals surface area (Å²) < 4.78 is 40.5. The molecule has 0 aliphatic carbocycles. The van der Waals surface area contributed by atoms with E-state index in [4.69, 9.17) is 17.3 Å². The van der Waals surface area contributed by atoms with Gasteiger partial charge >= 0.3 is 0 Å². The first-order chi connectivity index (χ1) is 11.8. The fourth-order valence-electron chi connectivity index (χ4n) is 2.14. The van der Waals surface area contributed by atoms with Gasteiger partial charge in [0.25, 0.3) is 10.0 Å². The Hall–Kier alpha value is -2.23. The minimum Gasteiger partial charge on any atom is -0.397 e. The van der Waals surface area contributed by atoms with Crippen molar-refractivity contribution in [3.63, 3.8) is 0 Å². The number of nitrogens with two attached hydrogens (primary N) is 1. The van der Waals surface area contributed by atoms with Crippen LogP contribution >= 0.6 is 22.9 Å². The molecule has 0 aliphatic rings. The summed E-state index contributed by atoms with van der Waals surface area (Å²) in [6.45, 7) is 1.60. The average Bonchev–Trinajstić information content (AvgIpc) is 2.97. The van der Waals surface area contributed by atoms with Crippen molar-refractivity contribution in [2.45, 2.75) is 11.9 Å². The van der Waals surface area contributed by atoms with E-state index in [1.165, 1.54) is 30.5 Å². The van der Waals surface area contributed by atoms with Gasteiger partial charge in [-0.3, -0.25) is 4.72 Å². The van der Waals surface area contributed by atoms with Crippen molar-refractivity contribution in [3.05, 3.63) is 52.2 Å². The lowest BCUT2D eigenvalue weighted by Crippen LogP contribution is -2.16. The van der Waals surface area contributed by atoms with Crippen LogP contribution in [0.2, 0.25) is 5.02 Å². The van der Waals surface area contributed by atoms with Crippen LogP contribution in [0.3, 0.4) is 0 Å². The van der Waals surface area contributed by atoms with Gasteiger partial charge in [-0.15, -0.1) is 11.3 Å². The van der Waals surface area contributed by atoms with Crippen LogP contribution < -0.4 is 10.5 Å². The molecule has 1 aromatic carbocycles. The van der Waals surface area contributed by atoms with Gasteiger partial charge < -0.3 is 5.73 Å². The fourth-order valence-corrected chi connectivity index (χ4v) is 4.45. The molecule has 0 amide bonds. The van der Waals surface area contributed by atoms with Crippen LogP contribution in [0.4, 0.5) is 15.2 Å². The molecule has 130 valence electrons. The van der Waals surface area contributed by atoms with Crippen molar-refractivity contribution < 1.29 is 12.8 Å². The maximum Gasteiger partial charge on any atom is 0.281 e. The third kappa shape index (κ3) is 3.73. The maximum atomic E-state index is 13.2. The van der Waals surface area contributed by atoms with Crippen molar-refractivity contribution >= 4 is 43.8 Å². The average molecular weight is 399 g/mol. The number of hydrogen-bond donors (Lipinski definition) is 2. The Balaban J connectivity index is 1.88. The summed E-state index contributed by atoms with van der Waals surface area (Å²) in [5.41, 5.74) is 7.45. The van der Waals surface area contributed by atoms with Crippen molar-refractivity contribution in [1.82, 2.24) is 9.97 Å². The molecule has 0 bridgehead atoms. The number of pyridine rings is 1. The van der Waals surface area contributed by atoms with Crippen LogP contribution in [-0.2, 0) is 10.0 Å². The molecular formula is C15H12ClFN4O2S2. The van der Waals surface area contributed by atoms with E-state index in [0.717, 1.165) is 11.3 Å². The minimum atomic E-state index is -3.90. The van der Waals surface area contributed by atoms with Crippen LogP contribution in [0.1, 0.15) is 5.56 Å². The molecule has 0 atom stereocenters. The van der Waals surface area contributed by atoms with Gasteiger partial charge in [-0.2, -0.15) is 8.42 Å². The number of aryl methyl sites for hydroxylation is 1. The SMILES string of the molecule is Cc1cc(N)cnc1S(=O)(=O)Nc1nc(-c2ccc(F)c(Cl)c2)cs1. The third-order valence-corrected chi connectivity index (χ3v) is 5.82. The molecule has 2 aromatic heterocycles. The Morgan fingerprint density at radius 1 is 1.32 bits per heavy atom. The van der Waals surface area contributed by atoms with Crippen LogP contribution in [0.15, 0.2) is 40.9 Å². The summed E-state index contributed by atoms with van der Waals surface area (Å²) in [5, 5.41) is 1.65. The van der Waals surface area contributed by atoms with E-state index in [9.17, 15) is 12.8 Å². The van der Waals surface area contributed by atoms with Gasteiger partial charge in [0.1, 0.15) is 5.82 Å². The number of aromatic nitrogens is 2. The van der Waals surface area contributed by atoms with E-state index in [-0.39, 0.29) is 15.2 Å². The number of thiazole rings is 1. The number of benzene rings is 1. The van der Waals surface area contributed by atoms with Gasteiger partial charge in [-0.1, -0.05) is 11.6 Å². The number of hydrogen-bond acceptors (Lipinski definition) is 6. The smallest absolute Gasteiger partial charge is 0.281 e. The van der Waals surface area contributed by atoms with Crippen LogP contribution in [0.25, 0.3) is 11.3 Å². The van der Waals surface area contributed by atoms with Crippen LogP contribution in [0, 0.1) is 12.7 Å². The Kier molecular flexibility index (Phi) is 4.63. The molecule has 0 spiro atoms. The Morgan fingerprint density at radius 3 is 2.76 bits per heavy atom. The topological polar surface area (TPSA) is 98.0 Å². The number of nitrogen functional groups attached to an aromatic ring is 1. The Bertz CT molecular complexity index is 1050. The fraction of sp³-hybridized carbons (Fsp3) is 0.0667. The summed E-state index contributed by atoms with van der Waals surface area (Å²) >= 11 is 6.85. The molecule has 3 N–H and O–H groups in total. The van der Waals surface area contributed by atoms with Gasteiger partial charge in [0.2, 0.25) is 0 Å². The first-order valence-electron chi connectivity index (χ1n) is 6.92. The highest BCUT2D eigenvalue weighted by Crippen LogP contribution is 2.29. The molecule has 3 aromatic rings. The van der Waals surface area contributed by atoms with Crippen molar-refractivity contribution in [1.29, 1.82) is 0 Å². The maximum absolute atomic E-state index is 13.2. The number of nitrogens with one attached hydrogen (secondary N) is 1. The highest BCUT2D eigenvalue weighted by Gasteiger charge is 2.20. The molecule has 0 fully saturated rings. The molecule has 3 rings (SSSR count). The third-order valence-electron chi connectivity index (χ3n) is 3.25. The van der Waals surface area contributed by atoms with Crippen molar-refractivity contribution in [2.24, 2.45) is 0 Å². The normalized spacial score (nSPS) is 11.5. The molecule has 0 saturated heterocycles. The lowest BCUT2D eigenvalue weighted by molar-refractivity contribution is 0.597. The van der Waals surface area contributed by atoms with E-state index in [1.807, 2.05) is 0 Å². The highest BCUT2D eigenvalue weighted by atomic mass is 35.5. The molecule has 25 heavy (non-hydrogen) atoms. The molecule has 0 radical (unpaired) electrons. The molecule has 0 saturated carbocycles. The largest absolute Gasteiger partial charge is 0.397 e. The summed E-state index contributed by atoms with van der Waals surface area (Å²) in [6.07, 6.45) is 1.27. The lowest BCUT2D eigenvalue weighted by Gasteiger charge is -2.07. The Labute approximate surface area is 152 Å². The second kappa shape index (κ2) is 6.58. The van der Waals surface area contributed by atoms with Gasteiger partial charge in [0.15, 0.2) is 10.2 Å². The van der Waals surface area contributed by atoms with E-state index in [0.29, 0.717) is 22.5 Å². The van der Waals surface area contributed by atoms with Crippen LogP contribution in [-0.4, -0.2) is 18.4 Å². The second-order valence-corrected chi connectivity index (χ2v) is 8.03. The zero-order valence-corrected chi connectivity index (χ0v) is 15.2. The molecule has 0 unspecified atom stereocenters. The van der Waals surface area contributed by atoms with E-state index < -0.39 is 15.8 Å². The first kappa shape index (κ1) is 17.6. The van der Waals surface area contributed by atoms with Gasteiger partial charge in [-0.05, 0) is 36.8 Å². The lowest BCUT2D eigenvalue weighted by atomic mass is 10.2. The number of sulfonamides is 1. The van der Waals surface area contributed by atoms with E-state index in [2.05, 4.69) is 14.7 Å². The molecule has 6 nitrogen and oxygen atoms in total. The quantitative estimate of drug-likeness (QED) is 0.698. The standard InChI is InChI=1S/C15H12ClFN4O2S2/c1-8-4-10(18)6-19-14(8)25(22,23)21-15-20-13(7-24-15)9-2-3-12(17)11(16)5-9/h2-7H,18H2,1H3,(H,20,21). The number of nitrogens with zero attached hydrogens (tertiary/aromatic N) is 2. The first-order valence-corrected chi connectivity index (χ1v) is 9.66. The van der Waals surface area contributed by atoms with Crippen molar-refractivity contribution in [3.8, 4) is 11.3 Å². The summed E-state index contributed by atoms with van der Waals surface area (Å²) in [7, 11) is -3.90. The molecule has 10 heteroatoms. The van der Waals surface area contributed by atoms with Crippen molar-refractivity contribution in [2.75, 3.05) is 10.5 Å². The molecule has 2 heterocycles. The van der Waals surface area contributed by atoms with Crippen LogP contribution in [0.5, 0.6) is 0 Å². The summed E-state index contributed by atoms with van der Waals surface area (Å²) in [6, 6.07) is 5.69. The highest BCUT2D eigenvalue weighted by molar-refractivity contribution is 7.92. The minimum absolute atomic E-state index is 0.0330. The number of halogens is 2. The number of rotatable bonds is 4. The molecular weight excluding hydrogens is 387 g/mol. The zero-order chi connectivity index (χ0) is 18.2. The van der Waals surface area contributed by atoms with Gasteiger partial charge in [0, 0.05) is 10.9 Å². The monoisotopic (exact) mass is 398 g/mol. The Morgan fingerprint density at radius 2 is 2.08 bits per heavy atom. The summed E-state index contributed by atoms with van der Waals surface area (Å²) in [4.78, 5) is 8.08. The van der Waals surface area contributed by atoms with E-state index in [1.54, 1.807) is 12.3 Å².